The van der Waals surface area contributed by atoms with Gasteiger partial charge < -0.3 is 4.90 Å². The topological polar surface area (TPSA) is 57.7 Å². The van der Waals surface area contributed by atoms with E-state index in [-0.39, 0.29) is 15.5 Å². The highest BCUT2D eigenvalue weighted by Crippen LogP contribution is 2.31. The third kappa shape index (κ3) is 4.17. The lowest BCUT2D eigenvalue weighted by molar-refractivity contribution is 0.0993. The summed E-state index contributed by atoms with van der Waals surface area (Å²) < 4.78 is 27.8. The fourth-order valence-corrected chi connectivity index (χ4v) is 5.49. The molecule has 2 aromatic rings. The molecule has 1 saturated heterocycles. The zero-order valence-corrected chi connectivity index (χ0v) is 18.4. The van der Waals surface area contributed by atoms with Crippen LogP contribution in [0.5, 0.6) is 0 Å². The Balaban J connectivity index is 1.97. The van der Waals surface area contributed by atoms with E-state index in [1.165, 1.54) is 27.4 Å². The number of rotatable bonds is 4. The van der Waals surface area contributed by atoms with E-state index in [0.717, 1.165) is 17.3 Å². The van der Waals surface area contributed by atoms with Gasteiger partial charge in [-0.2, -0.15) is 4.31 Å². The molecule has 0 atom stereocenters. The Morgan fingerprint density at radius 1 is 1.07 bits per heavy atom. The van der Waals surface area contributed by atoms with Crippen molar-refractivity contribution in [2.45, 2.75) is 17.7 Å². The number of anilines is 1. The number of sulfonamides is 1. The van der Waals surface area contributed by atoms with Crippen LogP contribution in [-0.4, -0.2) is 38.8 Å². The van der Waals surface area contributed by atoms with E-state index in [9.17, 15) is 13.2 Å². The van der Waals surface area contributed by atoms with Crippen molar-refractivity contribution < 1.29 is 13.2 Å². The lowest BCUT2D eigenvalue weighted by Gasteiger charge is -2.21. The monoisotopic (exact) mass is 490 g/mol. The van der Waals surface area contributed by atoms with Gasteiger partial charge in [0.25, 0.3) is 5.91 Å². The van der Waals surface area contributed by atoms with Gasteiger partial charge >= 0.3 is 0 Å². The predicted octanol–water partition coefficient (Wildman–Crippen LogP) is 4.82. The summed E-state index contributed by atoms with van der Waals surface area (Å²) >= 11 is 15.7. The zero-order chi connectivity index (χ0) is 19.8. The predicted molar refractivity (Wildman–Crippen MR) is 111 cm³/mol. The van der Waals surface area contributed by atoms with Gasteiger partial charge in [0.15, 0.2) is 0 Å². The van der Waals surface area contributed by atoms with E-state index in [4.69, 9.17) is 23.2 Å². The molecule has 0 N–H and O–H groups in total. The molecule has 9 heteroatoms. The van der Waals surface area contributed by atoms with Gasteiger partial charge in [0.2, 0.25) is 10.0 Å². The third-order valence-electron chi connectivity index (χ3n) is 4.45. The van der Waals surface area contributed by atoms with Crippen LogP contribution < -0.4 is 4.90 Å². The molecule has 0 radical (unpaired) electrons. The van der Waals surface area contributed by atoms with Crippen molar-refractivity contribution in [2.24, 2.45) is 0 Å². The van der Waals surface area contributed by atoms with Gasteiger partial charge in [0.1, 0.15) is 0 Å². The molecule has 1 aliphatic heterocycles. The molecule has 5 nitrogen and oxygen atoms in total. The smallest absolute Gasteiger partial charge is 0.259 e. The Labute approximate surface area is 177 Å². The average molecular weight is 492 g/mol. The summed E-state index contributed by atoms with van der Waals surface area (Å²) in [4.78, 5) is 14.4. The van der Waals surface area contributed by atoms with E-state index in [2.05, 4.69) is 15.9 Å². The number of benzene rings is 2. The van der Waals surface area contributed by atoms with Crippen molar-refractivity contribution in [2.75, 3.05) is 25.0 Å². The second-order valence-electron chi connectivity index (χ2n) is 6.21. The number of hydrogen-bond donors (Lipinski definition) is 0. The first-order chi connectivity index (χ1) is 12.7. The molecule has 1 heterocycles. The Kier molecular flexibility index (Phi) is 6.17. The number of amides is 1. The first-order valence-electron chi connectivity index (χ1n) is 8.24. The highest BCUT2D eigenvalue weighted by Gasteiger charge is 2.29. The quantitative estimate of drug-likeness (QED) is 0.616. The van der Waals surface area contributed by atoms with Crippen molar-refractivity contribution in [3.05, 3.63) is 56.5 Å². The Bertz CT molecular complexity index is 992. The Morgan fingerprint density at radius 3 is 2.37 bits per heavy atom. The van der Waals surface area contributed by atoms with E-state index >= 15 is 0 Å². The molecule has 0 aromatic heterocycles. The minimum absolute atomic E-state index is 0.0625. The first kappa shape index (κ1) is 20.6. The van der Waals surface area contributed by atoms with Gasteiger partial charge in [0, 0.05) is 24.6 Å². The second kappa shape index (κ2) is 8.09. The maximum atomic E-state index is 13.0. The van der Waals surface area contributed by atoms with Crippen molar-refractivity contribution >= 4 is 60.7 Å². The molecule has 0 spiro atoms. The summed E-state index contributed by atoms with van der Waals surface area (Å²) in [6.07, 6.45) is 1.67. The van der Waals surface area contributed by atoms with Crippen LogP contribution in [0.15, 0.2) is 45.8 Å². The third-order valence-corrected chi connectivity index (χ3v) is 7.47. The lowest BCUT2D eigenvalue weighted by atomic mass is 10.2. The zero-order valence-electron chi connectivity index (χ0n) is 14.5. The number of nitrogens with zero attached hydrogens (tertiary/aromatic N) is 2. The Hall–Kier alpha value is -1.12. The van der Waals surface area contributed by atoms with E-state index in [1.807, 2.05) is 0 Å². The van der Waals surface area contributed by atoms with Crippen LogP contribution in [0.2, 0.25) is 10.0 Å². The fourth-order valence-electron chi connectivity index (χ4n) is 2.95. The molecular formula is C18H17BrCl2N2O3S. The van der Waals surface area contributed by atoms with Crippen molar-refractivity contribution in [1.29, 1.82) is 0 Å². The molecule has 0 bridgehead atoms. The minimum atomic E-state index is -3.64. The van der Waals surface area contributed by atoms with Crippen LogP contribution in [-0.2, 0) is 10.0 Å². The normalized spacial score (nSPS) is 15.1. The molecule has 144 valence electrons. The second-order valence-corrected chi connectivity index (χ2v) is 9.88. The van der Waals surface area contributed by atoms with Crippen LogP contribution in [0.3, 0.4) is 0 Å². The van der Waals surface area contributed by atoms with Crippen LogP contribution in [0.25, 0.3) is 0 Å². The van der Waals surface area contributed by atoms with Crippen molar-refractivity contribution in [1.82, 2.24) is 4.31 Å². The summed E-state index contributed by atoms with van der Waals surface area (Å²) in [5, 5.41) is 0.567. The molecule has 0 unspecified atom stereocenters. The number of halogens is 3. The van der Waals surface area contributed by atoms with Gasteiger partial charge in [-0.25, -0.2) is 8.42 Å². The van der Waals surface area contributed by atoms with E-state index in [1.54, 1.807) is 25.2 Å². The lowest BCUT2D eigenvalue weighted by Crippen LogP contribution is -2.29. The molecule has 1 fully saturated rings. The van der Waals surface area contributed by atoms with Crippen LogP contribution in [0, 0.1) is 0 Å². The molecule has 27 heavy (non-hydrogen) atoms. The van der Waals surface area contributed by atoms with Crippen molar-refractivity contribution in [3.8, 4) is 0 Å². The van der Waals surface area contributed by atoms with Crippen LogP contribution in [0.1, 0.15) is 23.2 Å². The van der Waals surface area contributed by atoms with Crippen molar-refractivity contribution in [3.63, 3.8) is 0 Å². The summed E-state index contributed by atoms with van der Waals surface area (Å²) in [7, 11) is -2.08. The van der Waals surface area contributed by atoms with E-state index < -0.39 is 15.9 Å². The highest BCUT2D eigenvalue weighted by atomic mass is 79.9. The highest BCUT2D eigenvalue weighted by molar-refractivity contribution is 9.10. The SMILES string of the molecule is CN(C(=O)c1cc(S(=O)(=O)N2CCCC2)ccc1Cl)c1ccc(Br)cc1Cl. The molecule has 0 saturated carbocycles. The maximum absolute atomic E-state index is 13.0. The average Bonchev–Trinajstić information content (AvgIpc) is 3.16. The van der Waals surface area contributed by atoms with Gasteiger partial charge in [-0.05, 0) is 49.2 Å². The number of hydrogen-bond acceptors (Lipinski definition) is 3. The minimum Gasteiger partial charge on any atom is -0.310 e. The van der Waals surface area contributed by atoms with Crippen LogP contribution >= 0.6 is 39.1 Å². The van der Waals surface area contributed by atoms with Gasteiger partial charge in [-0.1, -0.05) is 39.1 Å². The standard InChI is InChI=1S/C18H17BrCl2N2O3S/c1-22(17-7-4-12(19)10-16(17)21)18(24)14-11-13(5-6-15(14)20)27(25,26)23-8-2-3-9-23/h4-7,10-11H,2-3,8-9H2,1H3. The number of carbonyl (C=O) groups excluding carboxylic acids is 1. The molecule has 1 aliphatic rings. The largest absolute Gasteiger partial charge is 0.310 e. The van der Waals surface area contributed by atoms with E-state index in [0.29, 0.717) is 23.8 Å². The Morgan fingerprint density at radius 2 is 1.74 bits per heavy atom. The molecule has 0 aliphatic carbocycles. The summed E-state index contributed by atoms with van der Waals surface area (Å²) in [5.74, 6) is -0.442. The maximum Gasteiger partial charge on any atom is 0.259 e. The van der Waals surface area contributed by atoms with Gasteiger partial charge in [-0.3, -0.25) is 4.79 Å². The van der Waals surface area contributed by atoms with Gasteiger partial charge in [-0.15, -0.1) is 0 Å². The fraction of sp³-hybridized carbons (Fsp3) is 0.278. The molecule has 1 amide bonds. The summed E-state index contributed by atoms with van der Waals surface area (Å²) in [5.41, 5.74) is 0.604. The molecule has 2 aromatic carbocycles. The molecular weight excluding hydrogens is 475 g/mol. The first-order valence-corrected chi connectivity index (χ1v) is 11.2. The molecule has 3 rings (SSSR count). The summed E-state index contributed by atoms with van der Waals surface area (Å²) in [6, 6.07) is 9.34. The van der Waals surface area contributed by atoms with Gasteiger partial charge in [0.05, 0.1) is 26.2 Å². The van der Waals surface area contributed by atoms with Crippen LogP contribution in [0.4, 0.5) is 5.69 Å². The number of carbonyl (C=O) groups is 1. The summed E-state index contributed by atoms with van der Waals surface area (Å²) in [6.45, 7) is 0.977.